The summed E-state index contributed by atoms with van der Waals surface area (Å²) < 4.78 is 41.2. The van der Waals surface area contributed by atoms with Crippen molar-refractivity contribution < 1.29 is 22.7 Å². The van der Waals surface area contributed by atoms with Gasteiger partial charge in [-0.2, -0.15) is 13.2 Å². The first-order valence-electron chi connectivity index (χ1n) is 7.04. The molecule has 5 nitrogen and oxygen atoms in total. The third-order valence-corrected chi connectivity index (χ3v) is 3.88. The fourth-order valence-corrected chi connectivity index (χ4v) is 2.69. The molecule has 0 saturated heterocycles. The number of halogens is 3. The van der Waals surface area contributed by atoms with Crippen LogP contribution in [0.2, 0.25) is 0 Å². The summed E-state index contributed by atoms with van der Waals surface area (Å²) in [6, 6.07) is 4.40. The van der Waals surface area contributed by atoms with Gasteiger partial charge in [-0.25, -0.2) is 4.98 Å². The summed E-state index contributed by atoms with van der Waals surface area (Å²) in [7, 11) is 0. The number of hydrogen-bond acceptors (Lipinski definition) is 5. The Bertz CT molecular complexity index is 716. The van der Waals surface area contributed by atoms with Gasteiger partial charge in [0.05, 0.1) is 5.01 Å². The van der Waals surface area contributed by atoms with Gasteiger partial charge in [-0.3, -0.25) is 4.79 Å². The number of nitrogens with two attached hydrogens (primary N) is 1. The normalized spacial score (nSPS) is 11.4. The number of carbonyl (C=O) groups is 1. The third kappa shape index (κ3) is 5.20. The zero-order chi connectivity index (χ0) is 17.7. The zero-order valence-corrected chi connectivity index (χ0v) is 13.6. The molecule has 3 N–H and O–H groups in total. The number of amides is 1. The number of benzene rings is 1. The van der Waals surface area contributed by atoms with Gasteiger partial charge in [0.1, 0.15) is 11.4 Å². The Balaban J connectivity index is 2.01. The largest absolute Gasteiger partial charge is 0.484 e. The van der Waals surface area contributed by atoms with Crippen molar-refractivity contribution in [2.24, 2.45) is 5.73 Å². The van der Waals surface area contributed by atoms with E-state index in [1.54, 1.807) is 12.3 Å². The first-order valence-corrected chi connectivity index (χ1v) is 7.92. The Kier molecular flexibility index (Phi) is 5.79. The van der Waals surface area contributed by atoms with Gasteiger partial charge in [-0.15, -0.1) is 11.3 Å². The van der Waals surface area contributed by atoms with Crippen LogP contribution in [0.15, 0.2) is 23.6 Å². The fourth-order valence-electron chi connectivity index (χ4n) is 1.90. The Morgan fingerprint density at radius 1 is 1.42 bits per heavy atom. The van der Waals surface area contributed by atoms with Crippen LogP contribution in [-0.2, 0) is 6.42 Å². The Morgan fingerprint density at radius 2 is 2.17 bits per heavy atom. The highest BCUT2D eigenvalue weighted by Crippen LogP contribution is 2.25. The molecule has 24 heavy (non-hydrogen) atoms. The molecule has 0 atom stereocenters. The number of hydrogen-bond donors (Lipinski definition) is 2. The van der Waals surface area contributed by atoms with Crippen LogP contribution in [0, 0.1) is 6.92 Å². The summed E-state index contributed by atoms with van der Waals surface area (Å²) in [5.41, 5.74) is 6.65. The molecular weight excluding hydrogens is 343 g/mol. The second-order valence-electron chi connectivity index (χ2n) is 5.00. The van der Waals surface area contributed by atoms with Crippen LogP contribution in [0.3, 0.4) is 0 Å². The Labute approximate surface area is 140 Å². The maximum atomic E-state index is 12.2. The van der Waals surface area contributed by atoms with Gasteiger partial charge in [0, 0.05) is 17.5 Å². The minimum absolute atomic E-state index is 0.115. The van der Waals surface area contributed by atoms with Crippen LogP contribution in [0.25, 0.3) is 0 Å². The number of anilines is 1. The van der Waals surface area contributed by atoms with E-state index in [2.05, 4.69) is 10.3 Å². The Morgan fingerprint density at radius 3 is 2.79 bits per heavy atom. The average molecular weight is 359 g/mol. The molecule has 2 rings (SSSR count). The van der Waals surface area contributed by atoms with Crippen LogP contribution < -0.4 is 15.8 Å². The topological polar surface area (TPSA) is 77.2 Å². The SMILES string of the molecule is Cc1cc(NC(=O)c2csc(CCN)n2)ccc1OCC(F)(F)F. The van der Waals surface area contributed by atoms with E-state index in [-0.39, 0.29) is 11.4 Å². The molecule has 0 aliphatic carbocycles. The molecule has 0 saturated carbocycles. The lowest BCUT2D eigenvalue weighted by Crippen LogP contribution is -2.19. The standard InChI is InChI=1S/C15H16F3N3O2S/c1-9-6-10(2-3-12(9)23-8-15(16,17)18)20-14(22)11-7-24-13(21-11)4-5-19/h2-3,6-7H,4-5,8,19H2,1H3,(H,20,22). The van der Waals surface area contributed by atoms with Crippen molar-refractivity contribution in [1.82, 2.24) is 4.98 Å². The first-order chi connectivity index (χ1) is 11.3. The van der Waals surface area contributed by atoms with E-state index in [1.807, 2.05) is 0 Å². The summed E-state index contributed by atoms with van der Waals surface area (Å²) in [5.74, 6) is -0.276. The monoisotopic (exact) mass is 359 g/mol. The number of alkyl halides is 3. The summed E-state index contributed by atoms with van der Waals surface area (Å²) in [5, 5.41) is 5.06. The predicted octanol–water partition coefficient (Wildman–Crippen LogP) is 3.15. The van der Waals surface area contributed by atoms with E-state index < -0.39 is 18.7 Å². The molecule has 0 bridgehead atoms. The van der Waals surface area contributed by atoms with E-state index in [0.717, 1.165) is 5.01 Å². The van der Waals surface area contributed by atoms with E-state index in [0.29, 0.717) is 24.2 Å². The number of thiazole rings is 1. The summed E-state index contributed by atoms with van der Waals surface area (Å²) in [6.45, 7) is 0.693. The van der Waals surface area contributed by atoms with Gasteiger partial charge < -0.3 is 15.8 Å². The van der Waals surface area contributed by atoms with Crippen molar-refractivity contribution in [1.29, 1.82) is 0 Å². The number of aromatic nitrogens is 1. The highest BCUT2D eigenvalue weighted by atomic mass is 32.1. The molecule has 1 aromatic heterocycles. The molecule has 1 aromatic carbocycles. The molecule has 1 amide bonds. The Hall–Kier alpha value is -2.13. The molecule has 9 heteroatoms. The molecule has 0 radical (unpaired) electrons. The minimum Gasteiger partial charge on any atom is -0.484 e. The van der Waals surface area contributed by atoms with E-state index in [1.165, 1.54) is 29.5 Å². The molecular formula is C15H16F3N3O2S. The lowest BCUT2D eigenvalue weighted by atomic mass is 10.2. The van der Waals surface area contributed by atoms with Gasteiger partial charge in [0.25, 0.3) is 5.91 Å². The highest BCUT2D eigenvalue weighted by Gasteiger charge is 2.28. The number of nitrogens with one attached hydrogen (secondary N) is 1. The second-order valence-corrected chi connectivity index (χ2v) is 5.95. The number of carbonyl (C=O) groups excluding carboxylic acids is 1. The van der Waals surface area contributed by atoms with Crippen LogP contribution in [0.1, 0.15) is 21.1 Å². The second kappa shape index (κ2) is 7.63. The molecule has 2 aromatic rings. The zero-order valence-electron chi connectivity index (χ0n) is 12.8. The van der Waals surface area contributed by atoms with Crippen molar-refractivity contribution in [3.05, 3.63) is 39.8 Å². The number of rotatable bonds is 6. The first kappa shape index (κ1) is 18.2. The van der Waals surface area contributed by atoms with Gasteiger partial charge >= 0.3 is 6.18 Å². The number of nitrogens with zero attached hydrogens (tertiary/aromatic N) is 1. The van der Waals surface area contributed by atoms with E-state index in [9.17, 15) is 18.0 Å². The van der Waals surface area contributed by atoms with Gasteiger partial charge in [-0.1, -0.05) is 0 Å². The lowest BCUT2D eigenvalue weighted by molar-refractivity contribution is -0.153. The molecule has 0 spiro atoms. The lowest BCUT2D eigenvalue weighted by Gasteiger charge is -2.12. The van der Waals surface area contributed by atoms with E-state index >= 15 is 0 Å². The third-order valence-electron chi connectivity index (χ3n) is 2.97. The molecule has 0 unspecified atom stereocenters. The molecule has 0 aliphatic heterocycles. The van der Waals surface area contributed by atoms with Gasteiger partial charge in [-0.05, 0) is 37.2 Å². The van der Waals surface area contributed by atoms with Crippen molar-refractivity contribution in [3.8, 4) is 5.75 Å². The maximum Gasteiger partial charge on any atom is 0.422 e. The van der Waals surface area contributed by atoms with Gasteiger partial charge in [0.15, 0.2) is 6.61 Å². The fraction of sp³-hybridized carbons (Fsp3) is 0.333. The van der Waals surface area contributed by atoms with Crippen molar-refractivity contribution in [2.45, 2.75) is 19.5 Å². The van der Waals surface area contributed by atoms with Crippen molar-refractivity contribution >= 4 is 22.9 Å². The van der Waals surface area contributed by atoms with Gasteiger partial charge in [0.2, 0.25) is 0 Å². The molecule has 0 aliphatic rings. The van der Waals surface area contributed by atoms with Crippen molar-refractivity contribution in [2.75, 3.05) is 18.5 Å². The van der Waals surface area contributed by atoms with E-state index in [4.69, 9.17) is 10.5 Å². The molecule has 130 valence electrons. The molecule has 1 heterocycles. The number of aryl methyl sites for hydroxylation is 1. The number of ether oxygens (including phenoxy) is 1. The quantitative estimate of drug-likeness (QED) is 0.831. The molecule has 0 fully saturated rings. The van der Waals surface area contributed by atoms with Crippen molar-refractivity contribution in [3.63, 3.8) is 0 Å². The maximum absolute atomic E-state index is 12.2. The summed E-state index contributed by atoms with van der Waals surface area (Å²) >= 11 is 1.35. The summed E-state index contributed by atoms with van der Waals surface area (Å²) in [4.78, 5) is 16.3. The highest BCUT2D eigenvalue weighted by molar-refractivity contribution is 7.09. The van der Waals surface area contributed by atoms with Crippen LogP contribution in [0.5, 0.6) is 5.75 Å². The predicted molar refractivity (Wildman–Crippen MR) is 85.6 cm³/mol. The average Bonchev–Trinajstić information content (AvgIpc) is 2.94. The van der Waals surface area contributed by atoms with Crippen LogP contribution in [-0.4, -0.2) is 30.2 Å². The minimum atomic E-state index is -4.40. The smallest absolute Gasteiger partial charge is 0.422 e. The summed E-state index contributed by atoms with van der Waals surface area (Å²) in [6.07, 6.45) is -3.80. The van der Waals surface area contributed by atoms with Crippen LogP contribution in [0.4, 0.5) is 18.9 Å². The van der Waals surface area contributed by atoms with Crippen LogP contribution >= 0.6 is 11.3 Å².